The highest BCUT2D eigenvalue weighted by Crippen LogP contribution is 2.29. The fourth-order valence-corrected chi connectivity index (χ4v) is 3.77. The van der Waals surface area contributed by atoms with Gasteiger partial charge in [-0.05, 0) is 25.2 Å². The van der Waals surface area contributed by atoms with Gasteiger partial charge in [0.15, 0.2) is 0 Å². The number of hydrogen-bond acceptors (Lipinski definition) is 4. The van der Waals surface area contributed by atoms with E-state index in [1.807, 2.05) is 12.4 Å². The number of benzene rings is 2. The molecule has 0 bridgehead atoms. The summed E-state index contributed by atoms with van der Waals surface area (Å²) < 4.78 is 2.31. The molecule has 4 rings (SSSR count). The van der Waals surface area contributed by atoms with Crippen molar-refractivity contribution in [2.75, 3.05) is 27.3 Å². The van der Waals surface area contributed by atoms with Crippen LogP contribution in [0.5, 0.6) is 0 Å². The molecular weight excluding hydrogens is 334 g/mol. The van der Waals surface area contributed by atoms with Gasteiger partial charge in [-0.15, -0.1) is 0 Å². The Hall–Kier alpha value is -2.47. The zero-order valence-electron chi connectivity index (χ0n) is 16.0. The van der Waals surface area contributed by atoms with Crippen LogP contribution in [0.25, 0.3) is 11.3 Å². The molecule has 1 unspecified atom stereocenters. The van der Waals surface area contributed by atoms with Crippen molar-refractivity contribution >= 4 is 0 Å². The Morgan fingerprint density at radius 3 is 2.48 bits per heavy atom. The molecule has 0 amide bonds. The molecule has 2 N–H and O–H groups in total. The lowest BCUT2D eigenvalue weighted by Crippen LogP contribution is -2.20. The largest absolute Gasteiger partial charge is 0.328 e. The molecular formula is C22H27N5. The molecule has 1 fully saturated rings. The van der Waals surface area contributed by atoms with E-state index >= 15 is 0 Å². The first-order valence-electron chi connectivity index (χ1n) is 9.48. The summed E-state index contributed by atoms with van der Waals surface area (Å²) in [6.07, 6.45) is 1.99. The third-order valence-electron chi connectivity index (χ3n) is 5.02. The first-order valence-corrected chi connectivity index (χ1v) is 9.48. The molecule has 1 atom stereocenters. The Bertz CT molecular complexity index is 879. The number of nitrogens with zero attached hydrogens (tertiary/aromatic N) is 3. The van der Waals surface area contributed by atoms with Gasteiger partial charge in [0.05, 0.1) is 23.8 Å². The molecule has 0 aliphatic carbocycles. The molecule has 140 valence electrons. The van der Waals surface area contributed by atoms with E-state index in [1.165, 1.54) is 22.4 Å². The highest BCUT2D eigenvalue weighted by molar-refractivity contribution is 5.62. The van der Waals surface area contributed by atoms with Gasteiger partial charge in [0, 0.05) is 31.9 Å². The topological polar surface area (TPSA) is 45.1 Å². The lowest BCUT2D eigenvalue weighted by atomic mass is 10.0. The Kier molecular flexibility index (Phi) is 5.34. The summed E-state index contributed by atoms with van der Waals surface area (Å²) in [5, 5.41) is 6.97. The van der Waals surface area contributed by atoms with Gasteiger partial charge in [-0.2, -0.15) is 0 Å². The van der Waals surface area contributed by atoms with Crippen LogP contribution in [0.3, 0.4) is 0 Å². The van der Waals surface area contributed by atoms with Crippen molar-refractivity contribution in [2.24, 2.45) is 0 Å². The van der Waals surface area contributed by atoms with Gasteiger partial charge in [-0.3, -0.25) is 5.32 Å². The molecule has 0 saturated carbocycles. The number of aromatic nitrogens is 2. The van der Waals surface area contributed by atoms with E-state index in [0.717, 1.165) is 32.0 Å². The van der Waals surface area contributed by atoms with Crippen molar-refractivity contribution < 1.29 is 0 Å². The summed E-state index contributed by atoms with van der Waals surface area (Å²) in [4.78, 5) is 7.02. The van der Waals surface area contributed by atoms with Crippen LogP contribution in [0.4, 0.5) is 0 Å². The number of nitrogens with one attached hydrogen (secondary N) is 2. The minimum Gasteiger partial charge on any atom is -0.328 e. The fraction of sp³-hybridized carbons (Fsp3) is 0.318. The number of hydrogen-bond donors (Lipinski definition) is 2. The van der Waals surface area contributed by atoms with Crippen LogP contribution in [0.15, 0.2) is 60.9 Å². The summed E-state index contributed by atoms with van der Waals surface area (Å²) in [5.74, 6) is 0. The Balaban J connectivity index is 1.72. The Labute approximate surface area is 161 Å². The van der Waals surface area contributed by atoms with Crippen molar-refractivity contribution in [2.45, 2.75) is 19.1 Å². The fourth-order valence-electron chi connectivity index (χ4n) is 3.77. The Morgan fingerprint density at radius 2 is 1.78 bits per heavy atom. The Morgan fingerprint density at radius 1 is 1.04 bits per heavy atom. The van der Waals surface area contributed by atoms with Crippen LogP contribution in [-0.2, 0) is 13.1 Å². The first kappa shape index (κ1) is 17.9. The first-order chi connectivity index (χ1) is 13.2. The molecule has 27 heavy (non-hydrogen) atoms. The summed E-state index contributed by atoms with van der Waals surface area (Å²) in [6, 6.07) is 19.4. The zero-order chi connectivity index (χ0) is 18.6. The highest BCUT2D eigenvalue weighted by Gasteiger charge is 2.25. The molecule has 1 aromatic heterocycles. The maximum atomic E-state index is 4.80. The van der Waals surface area contributed by atoms with Crippen LogP contribution >= 0.6 is 0 Å². The van der Waals surface area contributed by atoms with E-state index in [9.17, 15) is 0 Å². The van der Waals surface area contributed by atoms with Crippen LogP contribution in [-0.4, -0.2) is 41.8 Å². The maximum absolute atomic E-state index is 4.80. The average Bonchev–Trinajstić information content (AvgIpc) is 3.33. The molecule has 2 heterocycles. The van der Waals surface area contributed by atoms with Gasteiger partial charge in [0.2, 0.25) is 0 Å². The van der Waals surface area contributed by atoms with Gasteiger partial charge in [0.25, 0.3) is 0 Å². The molecule has 3 aromatic rings. The molecule has 2 aromatic carbocycles. The van der Waals surface area contributed by atoms with E-state index in [0.29, 0.717) is 0 Å². The summed E-state index contributed by atoms with van der Waals surface area (Å²) in [5.41, 5.74) is 6.20. The predicted octanol–water partition coefficient (Wildman–Crippen LogP) is 2.85. The van der Waals surface area contributed by atoms with Crippen molar-refractivity contribution in [3.63, 3.8) is 0 Å². The minimum atomic E-state index is 0.267. The predicted molar refractivity (Wildman–Crippen MR) is 109 cm³/mol. The van der Waals surface area contributed by atoms with Crippen LogP contribution in [0.1, 0.15) is 22.9 Å². The number of imidazole rings is 1. The molecule has 1 saturated heterocycles. The molecule has 0 spiro atoms. The number of rotatable bonds is 6. The normalized spacial score (nSPS) is 16.9. The second-order valence-electron chi connectivity index (χ2n) is 7.37. The quantitative estimate of drug-likeness (QED) is 0.709. The van der Waals surface area contributed by atoms with E-state index in [2.05, 4.69) is 82.7 Å². The molecule has 1 aliphatic heterocycles. The van der Waals surface area contributed by atoms with Crippen molar-refractivity contribution in [1.82, 2.24) is 25.1 Å². The van der Waals surface area contributed by atoms with Crippen LogP contribution < -0.4 is 10.6 Å². The molecule has 0 radical (unpaired) electrons. The van der Waals surface area contributed by atoms with Gasteiger partial charge in [0.1, 0.15) is 0 Å². The average molecular weight is 361 g/mol. The van der Waals surface area contributed by atoms with Crippen molar-refractivity contribution in [1.29, 1.82) is 0 Å². The SMILES string of the molecule is CN(C)Cc1ccccc1Cn1cnc(-c2ccccc2)c1C1CNCN1. The van der Waals surface area contributed by atoms with Gasteiger partial charge >= 0.3 is 0 Å². The standard InChI is InChI=1S/C22H27N5/c1-26(2)13-18-10-6-7-11-19(18)14-27-16-25-21(17-8-4-3-5-9-17)22(27)20-12-23-15-24-20/h3-11,16,20,23-24H,12-15H2,1-2H3. The van der Waals surface area contributed by atoms with E-state index < -0.39 is 0 Å². The third-order valence-corrected chi connectivity index (χ3v) is 5.02. The van der Waals surface area contributed by atoms with E-state index in [1.54, 1.807) is 0 Å². The molecule has 1 aliphatic rings. The van der Waals surface area contributed by atoms with Crippen molar-refractivity contribution in [3.05, 3.63) is 77.7 Å². The van der Waals surface area contributed by atoms with Gasteiger partial charge < -0.3 is 14.8 Å². The summed E-state index contributed by atoms with van der Waals surface area (Å²) >= 11 is 0. The van der Waals surface area contributed by atoms with E-state index in [4.69, 9.17) is 4.98 Å². The minimum absolute atomic E-state index is 0.267. The monoisotopic (exact) mass is 361 g/mol. The van der Waals surface area contributed by atoms with Crippen LogP contribution in [0.2, 0.25) is 0 Å². The van der Waals surface area contributed by atoms with Crippen molar-refractivity contribution in [3.8, 4) is 11.3 Å². The molecule has 5 nitrogen and oxygen atoms in total. The lowest BCUT2D eigenvalue weighted by molar-refractivity contribution is 0.400. The summed E-state index contributed by atoms with van der Waals surface area (Å²) in [7, 11) is 4.22. The smallest absolute Gasteiger partial charge is 0.0959 e. The van der Waals surface area contributed by atoms with Gasteiger partial charge in [-0.25, -0.2) is 4.98 Å². The zero-order valence-corrected chi connectivity index (χ0v) is 16.0. The molecule has 5 heteroatoms. The highest BCUT2D eigenvalue weighted by atomic mass is 15.2. The summed E-state index contributed by atoms with van der Waals surface area (Å²) in [6.45, 7) is 3.53. The van der Waals surface area contributed by atoms with Gasteiger partial charge in [-0.1, -0.05) is 54.6 Å². The second kappa shape index (κ2) is 8.05. The lowest BCUT2D eigenvalue weighted by Gasteiger charge is -2.18. The van der Waals surface area contributed by atoms with E-state index in [-0.39, 0.29) is 6.04 Å². The second-order valence-corrected chi connectivity index (χ2v) is 7.37. The third kappa shape index (κ3) is 3.95. The maximum Gasteiger partial charge on any atom is 0.0959 e. The van der Waals surface area contributed by atoms with Crippen LogP contribution in [0, 0.1) is 0 Å².